The summed E-state index contributed by atoms with van der Waals surface area (Å²) >= 11 is 6.01. The summed E-state index contributed by atoms with van der Waals surface area (Å²) < 4.78 is 10.9. The number of fused-ring (bicyclic) bond motifs is 1. The van der Waals surface area contributed by atoms with Gasteiger partial charge in [0.1, 0.15) is 11.5 Å². The summed E-state index contributed by atoms with van der Waals surface area (Å²) in [5.74, 6) is 0.0463. The molecule has 33 heavy (non-hydrogen) atoms. The highest BCUT2D eigenvalue weighted by Gasteiger charge is 2.12. The molecule has 4 aromatic carbocycles. The van der Waals surface area contributed by atoms with Gasteiger partial charge in [-0.3, -0.25) is 4.79 Å². The zero-order chi connectivity index (χ0) is 23.0. The normalized spacial score (nSPS) is 10.8. The standard InChI is InChI=1S/C26H19ClN2O4/c27-24-8-4-3-7-23(24)26(31)33-21-12-9-18(10-13-21)16-28-29-25(30)17-32-22-14-11-19-5-1-2-6-20(19)15-22/h1-16H,17H2,(H,29,30)/b28-16-. The number of carbonyl (C=O) groups is 2. The van der Waals surface area contributed by atoms with Crippen LogP contribution in [-0.4, -0.2) is 24.7 Å². The maximum atomic E-state index is 12.2. The summed E-state index contributed by atoms with van der Waals surface area (Å²) in [7, 11) is 0. The van der Waals surface area contributed by atoms with Crippen LogP contribution in [0.1, 0.15) is 15.9 Å². The number of ether oxygens (including phenoxy) is 2. The largest absolute Gasteiger partial charge is 0.484 e. The van der Waals surface area contributed by atoms with E-state index in [2.05, 4.69) is 10.5 Å². The van der Waals surface area contributed by atoms with Crippen molar-refractivity contribution in [1.29, 1.82) is 0 Å². The van der Waals surface area contributed by atoms with E-state index in [-0.39, 0.29) is 12.5 Å². The number of hydrogen-bond donors (Lipinski definition) is 1. The number of nitrogens with zero attached hydrogens (tertiary/aromatic N) is 1. The molecule has 0 saturated carbocycles. The Morgan fingerprint density at radius 3 is 2.33 bits per heavy atom. The summed E-state index contributed by atoms with van der Waals surface area (Å²) in [6.45, 7) is -0.160. The monoisotopic (exact) mass is 458 g/mol. The molecule has 0 aromatic heterocycles. The fourth-order valence-corrected chi connectivity index (χ4v) is 3.24. The lowest BCUT2D eigenvalue weighted by molar-refractivity contribution is -0.123. The molecule has 164 valence electrons. The minimum Gasteiger partial charge on any atom is -0.484 e. The first-order chi connectivity index (χ1) is 16.1. The molecule has 0 saturated heterocycles. The van der Waals surface area contributed by atoms with Gasteiger partial charge in [-0.25, -0.2) is 10.2 Å². The topological polar surface area (TPSA) is 77.0 Å². The molecule has 0 radical (unpaired) electrons. The van der Waals surface area contributed by atoms with Crippen molar-refractivity contribution in [3.05, 3.63) is 107 Å². The Labute approximate surface area is 195 Å². The van der Waals surface area contributed by atoms with Crippen LogP contribution in [0.3, 0.4) is 0 Å². The first kappa shape index (κ1) is 22.0. The van der Waals surface area contributed by atoms with Gasteiger partial charge in [-0.05, 0) is 64.9 Å². The lowest BCUT2D eigenvalue weighted by atomic mass is 10.1. The number of carbonyl (C=O) groups excluding carboxylic acids is 2. The SMILES string of the molecule is O=C(COc1ccc2ccccc2c1)N/N=C\c1ccc(OC(=O)c2ccccc2Cl)cc1. The van der Waals surface area contributed by atoms with Crippen molar-refractivity contribution >= 4 is 40.5 Å². The number of benzene rings is 4. The third kappa shape index (κ3) is 5.96. The average molecular weight is 459 g/mol. The third-order valence-corrected chi connectivity index (χ3v) is 5.01. The lowest BCUT2D eigenvalue weighted by Gasteiger charge is -2.06. The smallest absolute Gasteiger partial charge is 0.345 e. The molecule has 0 fully saturated rings. The van der Waals surface area contributed by atoms with E-state index in [0.29, 0.717) is 27.6 Å². The summed E-state index contributed by atoms with van der Waals surface area (Å²) in [6.07, 6.45) is 1.48. The molecular weight excluding hydrogens is 440 g/mol. The van der Waals surface area contributed by atoms with E-state index in [4.69, 9.17) is 21.1 Å². The van der Waals surface area contributed by atoms with E-state index < -0.39 is 5.97 Å². The molecular formula is C26H19ClN2O4. The van der Waals surface area contributed by atoms with Crippen LogP contribution in [0.2, 0.25) is 5.02 Å². The molecule has 6 nitrogen and oxygen atoms in total. The molecule has 1 N–H and O–H groups in total. The predicted octanol–water partition coefficient (Wildman–Crippen LogP) is 5.24. The second kappa shape index (κ2) is 10.4. The molecule has 0 heterocycles. The lowest BCUT2D eigenvalue weighted by Crippen LogP contribution is -2.24. The van der Waals surface area contributed by atoms with E-state index >= 15 is 0 Å². The summed E-state index contributed by atoms with van der Waals surface area (Å²) in [5.41, 5.74) is 3.42. The zero-order valence-corrected chi connectivity index (χ0v) is 18.2. The highest BCUT2D eigenvalue weighted by atomic mass is 35.5. The Bertz CT molecular complexity index is 1320. The number of nitrogens with one attached hydrogen (secondary N) is 1. The van der Waals surface area contributed by atoms with Crippen molar-refractivity contribution in [2.75, 3.05) is 6.61 Å². The van der Waals surface area contributed by atoms with Gasteiger partial charge in [0.2, 0.25) is 0 Å². The molecule has 0 atom stereocenters. The van der Waals surface area contributed by atoms with Gasteiger partial charge in [0, 0.05) is 0 Å². The Kier molecular flexibility index (Phi) is 6.97. The third-order valence-electron chi connectivity index (χ3n) is 4.68. The van der Waals surface area contributed by atoms with E-state index in [1.54, 1.807) is 48.5 Å². The van der Waals surface area contributed by atoms with Gasteiger partial charge >= 0.3 is 5.97 Å². The van der Waals surface area contributed by atoms with Crippen LogP contribution in [-0.2, 0) is 4.79 Å². The summed E-state index contributed by atoms with van der Waals surface area (Å²) in [5, 5.41) is 6.39. The van der Waals surface area contributed by atoms with Gasteiger partial charge in [-0.2, -0.15) is 5.10 Å². The Morgan fingerprint density at radius 1 is 0.848 bits per heavy atom. The maximum Gasteiger partial charge on any atom is 0.345 e. The first-order valence-corrected chi connectivity index (χ1v) is 10.5. The predicted molar refractivity (Wildman–Crippen MR) is 128 cm³/mol. The highest BCUT2D eigenvalue weighted by Crippen LogP contribution is 2.21. The molecule has 1 amide bonds. The van der Waals surface area contributed by atoms with E-state index in [0.717, 1.165) is 10.8 Å². The van der Waals surface area contributed by atoms with Crippen LogP contribution in [0.25, 0.3) is 10.8 Å². The van der Waals surface area contributed by atoms with Gasteiger partial charge in [-0.1, -0.05) is 54.1 Å². The molecule has 0 spiro atoms. The van der Waals surface area contributed by atoms with Crippen molar-refractivity contribution < 1.29 is 19.1 Å². The van der Waals surface area contributed by atoms with E-state index in [1.807, 2.05) is 42.5 Å². The number of hydrazone groups is 1. The first-order valence-electron chi connectivity index (χ1n) is 10.1. The second-order valence-electron chi connectivity index (χ2n) is 7.03. The molecule has 7 heteroatoms. The van der Waals surface area contributed by atoms with Crippen molar-refractivity contribution in [1.82, 2.24) is 5.43 Å². The van der Waals surface area contributed by atoms with Gasteiger partial charge in [0.05, 0.1) is 16.8 Å². The Morgan fingerprint density at radius 2 is 1.55 bits per heavy atom. The average Bonchev–Trinajstić information content (AvgIpc) is 2.84. The van der Waals surface area contributed by atoms with E-state index in [9.17, 15) is 9.59 Å². The summed E-state index contributed by atoms with van der Waals surface area (Å²) in [6, 6.07) is 26.9. The number of esters is 1. The molecule has 0 unspecified atom stereocenters. The van der Waals surface area contributed by atoms with Gasteiger partial charge < -0.3 is 9.47 Å². The van der Waals surface area contributed by atoms with Crippen LogP contribution in [0, 0.1) is 0 Å². The number of amides is 1. The molecule has 4 aromatic rings. The van der Waals surface area contributed by atoms with E-state index in [1.165, 1.54) is 6.21 Å². The number of hydrogen-bond acceptors (Lipinski definition) is 5. The number of rotatable bonds is 7. The van der Waals surface area contributed by atoms with Crippen LogP contribution < -0.4 is 14.9 Å². The molecule has 0 aliphatic carbocycles. The molecule has 0 bridgehead atoms. The van der Waals surface area contributed by atoms with Crippen molar-refractivity contribution in [3.63, 3.8) is 0 Å². The van der Waals surface area contributed by atoms with Crippen LogP contribution in [0.4, 0.5) is 0 Å². The fourth-order valence-electron chi connectivity index (χ4n) is 3.03. The number of halogens is 1. The minimum atomic E-state index is -0.541. The van der Waals surface area contributed by atoms with Crippen molar-refractivity contribution in [2.24, 2.45) is 5.10 Å². The van der Waals surface area contributed by atoms with Gasteiger partial charge in [-0.15, -0.1) is 0 Å². The van der Waals surface area contributed by atoms with Gasteiger partial charge in [0.15, 0.2) is 6.61 Å². The van der Waals surface area contributed by atoms with Crippen molar-refractivity contribution in [2.45, 2.75) is 0 Å². The van der Waals surface area contributed by atoms with Gasteiger partial charge in [0.25, 0.3) is 5.91 Å². The van der Waals surface area contributed by atoms with Crippen molar-refractivity contribution in [3.8, 4) is 11.5 Å². The minimum absolute atomic E-state index is 0.160. The molecule has 0 aliphatic heterocycles. The maximum absolute atomic E-state index is 12.2. The van der Waals surface area contributed by atoms with Crippen LogP contribution in [0.5, 0.6) is 11.5 Å². The Balaban J connectivity index is 1.26. The Hall–Kier alpha value is -4.16. The van der Waals surface area contributed by atoms with Crippen LogP contribution >= 0.6 is 11.6 Å². The van der Waals surface area contributed by atoms with Crippen LogP contribution in [0.15, 0.2) is 96.1 Å². The molecule has 4 rings (SSSR count). The second-order valence-corrected chi connectivity index (χ2v) is 7.44. The fraction of sp³-hybridized carbons (Fsp3) is 0.0385. The quantitative estimate of drug-likeness (QED) is 0.178. The summed E-state index contributed by atoms with van der Waals surface area (Å²) in [4.78, 5) is 24.2. The zero-order valence-electron chi connectivity index (χ0n) is 17.4. The molecule has 0 aliphatic rings. The highest BCUT2D eigenvalue weighted by molar-refractivity contribution is 6.33.